The van der Waals surface area contributed by atoms with Gasteiger partial charge in [0.05, 0.1) is 6.42 Å². The Hall–Kier alpha value is -1.67. The molecule has 0 saturated carbocycles. The number of primary amides is 1. The van der Waals surface area contributed by atoms with Crippen molar-refractivity contribution in [3.63, 3.8) is 0 Å². The molecule has 0 radical (unpaired) electrons. The van der Waals surface area contributed by atoms with Crippen LogP contribution in [0.3, 0.4) is 0 Å². The van der Waals surface area contributed by atoms with E-state index >= 15 is 0 Å². The third-order valence-corrected chi connectivity index (χ3v) is 1.13. The van der Waals surface area contributed by atoms with Crippen molar-refractivity contribution in [3.05, 3.63) is 0 Å². The molecule has 0 unspecified atom stereocenters. The highest BCUT2D eigenvalue weighted by Gasteiger charge is 2.13. The van der Waals surface area contributed by atoms with Gasteiger partial charge in [0, 0.05) is 0 Å². The first-order chi connectivity index (χ1) is 6.68. The predicted molar refractivity (Wildman–Crippen MR) is 50.7 cm³/mol. The minimum absolute atomic E-state index is 0.310. The highest BCUT2D eigenvalue weighted by atomic mass is 16.4. The van der Waals surface area contributed by atoms with E-state index in [0.29, 0.717) is 0 Å². The quantitative estimate of drug-likeness (QED) is 0.355. The van der Waals surface area contributed by atoms with Crippen molar-refractivity contribution in [1.29, 1.82) is 0 Å². The number of rotatable bonds is 4. The van der Waals surface area contributed by atoms with Crippen LogP contribution in [0.25, 0.3) is 0 Å². The maximum Gasteiger partial charge on any atom is 0.321 e. The minimum Gasteiger partial charge on any atom is -0.480 e. The van der Waals surface area contributed by atoms with Crippen LogP contribution in [-0.4, -0.2) is 40.1 Å². The fraction of sp³-hybridized carbons (Fsp3) is 0.571. The van der Waals surface area contributed by atoms with Gasteiger partial charge in [-0.25, -0.2) is 0 Å². The summed E-state index contributed by atoms with van der Waals surface area (Å²) in [7, 11) is 0. The van der Waals surface area contributed by atoms with Gasteiger partial charge in [0.15, 0.2) is 0 Å². The molecule has 0 saturated heterocycles. The van der Waals surface area contributed by atoms with Crippen LogP contribution in [0.4, 0.5) is 0 Å². The molecule has 0 bridgehead atoms. The maximum absolute atomic E-state index is 9.99. The molecule has 0 aliphatic rings. The molecule has 0 fully saturated rings. The first-order valence-electron chi connectivity index (χ1n) is 3.93. The molecule has 0 aromatic heterocycles. The van der Waals surface area contributed by atoms with Gasteiger partial charge in [0.2, 0.25) is 5.91 Å². The van der Waals surface area contributed by atoms with E-state index in [4.69, 9.17) is 21.7 Å². The van der Waals surface area contributed by atoms with E-state index in [9.17, 15) is 14.4 Å². The van der Waals surface area contributed by atoms with Crippen LogP contribution < -0.4 is 17.2 Å². The van der Waals surface area contributed by atoms with E-state index in [2.05, 4.69) is 5.73 Å². The van der Waals surface area contributed by atoms with Crippen molar-refractivity contribution in [2.24, 2.45) is 17.2 Å². The molecule has 1 amide bonds. The summed E-state index contributed by atoms with van der Waals surface area (Å²) in [5, 5.41) is 16.0. The van der Waals surface area contributed by atoms with Crippen LogP contribution in [0.1, 0.15) is 13.3 Å². The largest absolute Gasteiger partial charge is 0.480 e. The lowest BCUT2D eigenvalue weighted by molar-refractivity contribution is -0.140. The number of carbonyl (C=O) groups is 3. The van der Waals surface area contributed by atoms with Crippen molar-refractivity contribution in [1.82, 2.24) is 0 Å². The third-order valence-electron chi connectivity index (χ3n) is 1.13. The van der Waals surface area contributed by atoms with Gasteiger partial charge < -0.3 is 27.4 Å². The Kier molecular flexibility index (Phi) is 8.11. The highest BCUT2D eigenvalue weighted by molar-refractivity contribution is 5.83. The second-order valence-corrected chi connectivity index (χ2v) is 2.74. The monoisotopic (exact) mass is 221 g/mol. The molecule has 0 aliphatic heterocycles. The van der Waals surface area contributed by atoms with Crippen LogP contribution in [0.15, 0.2) is 0 Å². The fourth-order valence-corrected chi connectivity index (χ4v) is 0.304. The number of hydrogen-bond acceptors (Lipinski definition) is 5. The molecule has 8 heteroatoms. The number of carboxylic acids is 2. The zero-order chi connectivity index (χ0) is 12.6. The van der Waals surface area contributed by atoms with Crippen molar-refractivity contribution < 1.29 is 24.6 Å². The number of carboxylic acid groups (broad SMARTS) is 2. The summed E-state index contributed by atoms with van der Waals surface area (Å²) in [6.07, 6.45) is -0.310. The number of carbonyl (C=O) groups excluding carboxylic acids is 1. The molecule has 8 nitrogen and oxygen atoms in total. The summed E-state index contributed by atoms with van der Waals surface area (Å²) in [6, 6.07) is -1.90. The molecule has 88 valence electrons. The third kappa shape index (κ3) is 12.3. The Bertz CT molecular complexity index is 241. The van der Waals surface area contributed by atoms with Gasteiger partial charge in [0.1, 0.15) is 12.1 Å². The molecular weight excluding hydrogens is 206 g/mol. The maximum atomic E-state index is 9.99. The summed E-state index contributed by atoms with van der Waals surface area (Å²) < 4.78 is 0. The Morgan fingerprint density at radius 2 is 1.47 bits per heavy atom. The van der Waals surface area contributed by atoms with Crippen LogP contribution in [0.5, 0.6) is 0 Å². The van der Waals surface area contributed by atoms with E-state index in [0.717, 1.165) is 0 Å². The number of aliphatic carboxylic acids is 2. The lowest BCUT2D eigenvalue weighted by Gasteiger charge is -1.99. The lowest BCUT2D eigenvalue weighted by Crippen LogP contribution is -2.34. The zero-order valence-electron chi connectivity index (χ0n) is 8.21. The molecule has 0 aromatic carbocycles. The van der Waals surface area contributed by atoms with Crippen LogP contribution in [0.2, 0.25) is 0 Å². The Balaban J connectivity index is 0. The van der Waals surface area contributed by atoms with Gasteiger partial charge in [0.25, 0.3) is 0 Å². The molecule has 0 rings (SSSR count). The van der Waals surface area contributed by atoms with Crippen LogP contribution in [-0.2, 0) is 14.4 Å². The van der Waals surface area contributed by atoms with Crippen LogP contribution in [0, 0.1) is 0 Å². The first kappa shape index (κ1) is 15.8. The van der Waals surface area contributed by atoms with Gasteiger partial charge in [-0.3, -0.25) is 14.4 Å². The van der Waals surface area contributed by atoms with Crippen LogP contribution >= 0.6 is 0 Å². The molecule has 0 aliphatic carbocycles. The summed E-state index contributed by atoms with van der Waals surface area (Å²) in [6.45, 7) is 1.42. The smallest absolute Gasteiger partial charge is 0.321 e. The average molecular weight is 221 g/mol. The average Bonchev–Trinajstić information content (AvgIpc) is 2.03. The SMILES string of the molecule is C[C@H](N)C(=O)O.NC(=O)C[C@H](N)C(=O)O. The van der Waals surface area contributed by atoms with Gasteiger partial charge in [-0.2, -0.15) is 0 Å². The summed E-state index contributed by atoms with van der Waals surface area (Å²) >= 11 is 0. The molecule has 0 spiro atoms. The van der Waals surface area contributed by atoms with Gasteiger partial charge in [-0.1, -0.05) is 0 Å². The molecular formula is C7H15N3O5. The first-order valence-corrected chi connectivity index (χ1v) is 3.93. The van der Waals surface area contributed by atoms with E-state index in [-0.39, 0.29) is 6.42 Å². The lowest BCUT2D eigenvalue weighted by atomic mass is 10.2. The van der Waals surface area contributed by atoms with E-state index < -0.39 is 29.9 Å². The minimum atomic E-state index is -1.21. The van der Waals surface area contributed by atoms with Gasteiger partial charge in [-0.05, 0) is 6.92 Å². The number of hydrogen-bond donors (Lipinski definition) is 5. The zero-order valence-corrected chi connectivity index (χ0v) is 8.21. The second kappa shape index (κ2) is 7.71. The van der Waals surface area contributed by atoms with E-state index in [1.54, 1.807) is 0 Å². The van der Waals surface area contributed by atoms with E-state index in [1.807, 2.05) is 0 Å². The Morgan fingerprint density at radius 1 is 1.13 bits per heavy atom. The van der Waals surface area contributed by atoms with Crippen molar-refractivity contribution in [3.8, 4) is 0 Å². The Morgan fingerprint density at radius 3 is 1.53 bits per heavy atom. The van der Waals surface area contributed by atoms with Crippen molar-refractivity contribution in [2.75, 3.05) is 0 Å². The van der Waals surface area contributed by atoms with Crippen molar-refractivity contribution in [2.45, 2.75) is 25.4 Å². The number of amides is 1. The highest BCUT2D eigenvalue weighted by Crippen LogP contribution is 1.84. The number of nitrogens with two attached hydrogens (primary N) is 3. The second-order valence-electron chi connectivity index (χ2n) is 2.74. The topological polar surface area (TPSA) is 170 Å². The summed E-state index contributed by atoms with van der Waals surface area (Å²) in [5.74, 6) is -2.88. The molecule has 2 atom stereocenters. The molecule has 15 heavy (non-hydrogen) atoms. The van der Waals surface area contributed by atoms with Gasteiger partial charge >= 0.3 is 11.9 Å². The molecule has 0 aromatic rings. The molecule has 8 N–H and O–H groups in total. The summed E-state index contributed by atoms with van der Waals surface area (Å²) in [5.41, 5.74) is 14.4. The molecule has 0 heterocycles. The van der Waals surface area contributed by atoms with Gasteiger partial charge in [-0.15, -0.1) is 0 Å². The predicted octanol–water partition coefficient (Wildman–Crippen LogP) is -2.31. The van der Waals surface area contributed by atoms with Crippen molar-refractivity contribution >= 4 is 17.8 Å². The Labute approximate surface area is 86.0 Å². The standard InChI is InChI=1S/C4H8N2O3.C3H7NO2/c5-2(4(8)9)1-3(6)7;1-2(4)3(5)6/h2H,1,5H2,(H2,6,7)(H,8,9);2H,4H2,1H3,(H,5,6)/t2*2-/m00/s1. The normalized spacial score (nSPS) is 13.0. The summed E-state index contributed by atoms with van der Waals surface area (Å²) in [4.78, 5) is 29.5. The van der Waals surface area contributed by atoms with E-state index in [1.165, 1.54) is 6.92 Å². The fourth-order valence-electron chi connectivity index (χ4n) is 0.304.